The Bertz CT molecular complexity index is 280. The number of aliphatic carboxylic acids is 1. The second-order valence-corrected chi connectivity index (χ2v) is 3.74. The van der Waals surface area contributed by atoms with E-state index in [9.17, 15) is 4.79 Å². The van der Waals surface area contributed by atoms with E-state index < -0.39 is 12.1 Å². The Morgan fingerprint density at radius 3 is 2.83 bits per heavy atom. The number of hydrogen-bond acceptors (Lipinski definition) is 3. The number of aliphatic hydroxyl groups is 1. The molecule has 3 nitrogen and oxygen atoms in total. The first kappa shape index (κ1) is 9.22. The summed E-state index contributed by atoms with van der Waals surface area (Å²) in [5.74, 6) is -1.17. The SMILES string of the molecule is Cc1cc(CC(O)C(=O)O)cs1. The van der Waals surface area contributed by atoms with Crippen molar-refractivity contribution in [2.75, 3.05) is 0 Å². The zero-order valence-electron chi connectivity index (χ0n) is 6.65. The van der Waals surface area contributed by atoms with Gasteiger partial charge in [0.15, 0.2) is 6.10 Å². The van der Waals surface area contributed by atoms with Gasteiger partial charge < -0.3 is 10.2 Å². The van der Waals surface area contributed by atoms with Crippen molar-refractivity contribution in [3.63, 3.8) is 0 Å². The van der Waals surface area contributed by atoms with Gasteiger partial charge in [-0.2, -0.15) is 0 Å². The van der Waals surface area contributed by atoms with Crippen molar-refractivity contribution in [3.8, 4) is 0 Å². The second kappa shape index (κ2) is 3.69. The van der Waals surface area contributed by atoms with Crippen LogP contribution in [0.5, 0.6) is 0 Å². The molecule has 0 spiro atoms. The third kappa shape index (κ3) is 2.32. The minimum absolute atomic E-state index is 0.194. The fourth-order valence-electron chi connectivity index (χ4n) is 0.915. The van der Waals surface area contributed by atoms with Gasteiger partial charge in [0.1, 0.15) is 0 Å². The molecule has 0 saturated heterocycles. The lowest BCUT2D eigenvalue weighted by Crippen LogP contribution is -2.21. The molecule has 1 unspecified atom stereocenters. The molecule has 1 aromatic rings. The molecule has 12 heavy (non-hydrogen) atoms. The molecule has 0 radical (unpaired) electrons. The topological polar surface area (TPSA) is 57.5 Å². The lowest BCUT2D eigenvalue weighted by atomic mass is 10.1. The molecule has 1 heterocycles. The monoisotopic (exact) mass is 186 g/mol. The third-order valence-electron chi connectivity index (χ3n) is 1.50. The molecule has 0 aromatic carbocycles. The fourth-order valence-corrected chi connectivity index (χ4v) is 1.64. The summed E-state index contributed by atoms with van der Waals surface area (Å²) in [6.45, 7) is 1.95. The van der Waals surface area contributed by atoms with Crippen LogP contribution in [0.4, 0.5) is 0 Å². The standard InChI is InChI=1S/C8H10O3S/c1-5-2-6(4-12-5)3-7(9)8(10)11/h2,4,7,9H,3H2,1H3,(H,10,11). The van der Waals surface area contributed by atoms with E-state index in [1.807, 2.05) is 18.4 Å². The van der Waals surface area contributed by atoms with E-state index in [1.165, 1.54) is 0 Å². The highest BCUT2D eigenvalue weighted by Crippen LogP contribution is 2.14. The molecule has 0 fully saturated rings. The maximum atomic E-state index is 10.3. The third-order valence-corrected chi connectivity index (χ3v) is 2.41. The minimum Gasteiger partial charge on any atom is -0.479 e. The number of thiophene rings is 1. The van der Waals surface area contributed by atoms with Gasteiger partial charge in [-0.15, -0.1) is 11.3 Å². The molecule has 0 aliphatic heterocycles. The minimum atomic E-state index is -1.28. The Kier molecular flexibility index (Phi) is 2.83. The molecule has 1 rings (SSSR count). The van der Waals surface area contributed by atoms with Crippen molar-refractivity contribution in [2.45, 2.75) is 19.4 Å². The average molecular weight is 186 g/mol. The number of carboxylic acid groups (broad SMARTS) is 1. The number of aryl methyl sites for hydroxylation is 1. The van der Waals surface area contributed by atoms with Gasteiger partial charge in [-0.05, 0) is 23.9 Å². The highest BCUT2D eigenvalue weighted by molar-refractivity contribution is 7.10. The normalized spacial score (nSPS) is 12.8. The molecular weight excluding hydrogens is 176 g/mol. The molecule has 4 heteroatoms. The predicted molar refractivity (Wildman–Crippen MR) is 46.4 cm³/mol. The summed E-state index contributed by atoms with van der Waals surface area (Å²) in [5, 5.41) is 19.3. The van der Waals surface area contributed by atoms with Crippen LogP contribution < -0.4 is 0 Å². The molecular formula is C8H10O3S. The molecule has 0 aliphatic carbocycles. The maximum absolute atomic E-state index is 10.3. The fraction of sp³-hybridized carbons (Fsp3) is 0.375. The Hall–Kier alpha value is -0.870. The van der Waals surface area contributed by atoms with E-state index in [0.29, 0.717) is 0 Å². The van der Waals surface area contributed by atoms with Gasteiger partial charge in [-0.3, -0.25) is 0 Å². The van der Waals surface area contributed by atoms with Gasteiger partial charge in [0.2, 0.25) is 0 Å². The Morgan fingerprint density at radius 1 is 1.75 bits per heavy atom. The molecule has 0 aliphatic rings. The Morgan fingerprint density at radius 2 is 2.42 bits per heavy atom. The van der Waals surface area contributed by atoms with Gasteiger partial charge in [0, 0.05) is 11.3 Å². The van der Waals surface area contributed by atoms with Crippen LogP contribution in [0.15, 0.2) is 11.4 Å². The first-order valence-corrected chi connectivity index (χ1v) is 4.42. The van der Waals surface area contributed by atoms with Gasteiger partial charge >= 0.3 is 5.97 Å². The molecule has 0 amide bonds. The van der Waals surface area contributed by atoms with Crippen LogP contribution >= 0.6 is 11.3 Å². The molecule has 0 saturated carbocycles. The lowest BCUT2D eigenvalue weighted by Gasteiger charge is -2.01. The van der Waals surface area contributed by atoms with Crippen LogP contribution in [0.25, 0.3) is 0 Å². The highest BCUT2D eigenvalue weighted by Gasteiger charge is 2.13. The smallest absolute Gasteiger partial charge is 0.332 e. The number of aliphatic hydroxyl groups excluding tert-OH is 1. The maximum Gasteiger partial charge on any atom is 0.332 e. The first-order chi connectivity index (χ1) is 5.59. The van der Waals surface area contributed by atoms with Crippen molar-refractivity contribution in [1.82, 2.24) is 0 Å². The second-order valence-electron chi connectivity index (χ2n) is 2.62. The summed E-state index contributed by atoms with van der Waals surface area (Å²) in [6.07, 6.45) is -1.08. The number of carbonyl (C=O) groups is 1. The highest BCUT2D eigenvalue weighted by atomic mass is 32.1. The van der Waals surface area contributed by atoms with E-state index >= 15 is 0 Å². The van der Waals surface area contributed by atoms with Crippen LogP contribution in [-0.4, -0.2) is 22.3 Å². The van der Waals surface area contributed by atoms with E-state index in [4.69, 9.17) is 10.2 Å². The van der Waals surface area contributed by atoms with E-state index in [1.54, 1.807) is 11.3 Å². The Labute approximate surface area is 74.3 Å². The van der Waals surface area contributed by atoms with E-state index in [2.05, 4.69) is 0 Å². The summed E-state index contributed by atoms with van der Waals surface area (Å²) in [4.78, 5) is 11.4. The quantitative estimate of drug-likeness (QED) is 0.741. The molecule has 66 valence electrons. The summed E-state index contributed by atoms with van der Waals surface area (Å²) < 4.78 is 0. The van der Waals surface area contributed by atoms with Crippen molar-refractivity contribution in [1.29, 1.82) is 0 Å². The predicted octanol–water partition coefficient (Wildman–Crippen LogP) is 1.04. The molecule has 0 bridgehead atoms. The van der Waals surface area contributed by atoms with Crippen LogP contribution in [0, 0.1) is 6.92 Å². The van der Waals surface area contributed by atoms with E-state index in [-0.39, 0.29) is 6.42 Å². The van der Waals surface area contributed by atoms with Crippen molar-refractivity contribution >= 4 is 17.3 Å². The van der Waals surface area contributed by atoms with Crippen molar-refractivity contribution in [3.05, 3.63) is 21.9 Å². The van der Waals surface area contributed by atoms with Crippen LogP contribution in [0.3, 0.4) is 0 Å². The summed E-state index contributed by atoms with van der Waals surface area (Å²) in [6, 6.07) is 1.89. The summed E-state index contributed by atoms with van der Waals surface area (Å²) in [7, 11) is 0. The van der Waals surface area contributed by atoms with Crippen LogP contribution in [-0.2, 0) is 11.2 Å². The largest absolute Gasteiger partial charge is 0.479 e. The molecule has 1 aromatic heterocycles. The van der Waals surface area contributed by atoms with Crippen LogP contribution in [0.2, 0.25) is 0 Å². The summed E-state index contributed by atoms with van der Waals surface area (Å²) in [5.41, 5.74) is 0.882. The first-order valence-electron chi connectivity index (χ1n) is 3.54. The van der Waals surface area contributed by atoms with Gasteiger partial charge in [0.25, 0.3) is 0 Å². The molecule has 2 N–H and O–H groups in total. The zero-order chi connectivity index (χ0) is 9.14. The Balaban J connectivity index is 2.58. The van der Waals surface area contributed by atoms with Gasteiger partial charge in [-0.25, -0.2) is 4.79 Å². The summed E-state index contributed by atoms with van der Waals surface area (Å²) >= 11 is 1.55. The van der Waals surface area contributed by atoms with Crippen LogP contribution in [0.1, 0.15) is 10.4 Å². The van der Waals surface area contributed by atoms with E-state index in [0.717, 1.165) is 10.4 Å². The number of hydrogen-bond donors (Lipinski definition) is 2. The zero-order valence-corrected chi connectivity index (χ0v) is 7.47. The van der Waals surface area contributed by atoms with Crippen molar-refractivity contribution < 1.29 is 15.0 Å². The van der Waals surface area contributed by atoms with Crippen molar-refractivity contribution in [2.24, 2.45) is 0 Å². The number of carboxylic acids is 1. The average Bonchev–Trinajstić information content (AvgIpc) is 2.35. The van der Waals surface area contributed by atoms with Gasteiger partial charge in [-0.1, -0.05) is 0 Å². The number of rotatable bonds is 3. The molecule has 1 atom stereocenters. The van der Waals surface area contributed by atoms with Gasteiger partial charge in [0.05, 0.1) is 0 Å². The lowest BCUT2D eigenvalue weighted by molar-refractivity contribution is -0.146.